The third-order valence-electron chi connectivity index (χ3n) is 5.72. The Bertz CT molecular complexity index is 770. The van der Waals surface area contributed by atoms with E-state index in [9.17, 15) is 14.4 Å². The minimum Gasteiger partial charge on any atom is -0.328 e. The number of fused-ring (bicyclic) bond motifs is 1. The molecule has 0 bridgehead atoms. The summed E-state index contributed by atoms with van der Waals surface area (Å²) in [5, 5.41) is 2.33. The lowest BCUT2D eigenvalue weighted by atomic mass is 9.92. The van der Waals surface area contributed by atoms with Gasteiger partial charge in [0.15, 0.2) is 0 Å². The molecule has 3 N–H and O–H groups in total. The van der Waals surface area contributed by atoms with E-state index in [1.807, 2.05) is 19.1 Å². The summed E-state index contributed by atoms with van der Waals surface area (Å²) >= 11 is 0. The average molecular weight is 356 g/mol. The first kappa shape index (κ1) is 17.2. The quantitative estimate of drug-likeness (QED) is 0.753. The van der Waals surface area contributed by atoms with E-state index in [-0.39, 0.29) is 30.2 Å². The number of carbonyl (C=O) groups excluding carboxylic acids is 3. The first-order valence-corrected chi connectivity index (χ1v) is 9.17. The molecular weight excluding hydrogens is 332 g/mol. The second-order valence-electron chi connectivity index (χ2n) is 7.70. The van der Waals surface area contributed by atoms with E-state index < -0.39 is 6.04 Å². The molecule has 3 aliphatic heterocycles. The number of piperidine rings is 1. The van der Waals surface area contributed by atoms with Crippen molar-refractivity contribution in [2.24, 2.45) is 11.7 Å². The monoisotopic (exact) mass is 356 g/mol. The summed E-state index contributed by atoms with van der Waals surface area (Å²) in [7, 11) is 0. The number of rotatable bonds is 4. The predicted molar refractivity (Wildman–Crippen MR) is 94.9 cm³/mol. The lowest BCUT2D eigenvalue weighted by molar-refractivity contribution is -0.136. The van der Waals surface area contributed by atoms with Gasteiger partial charge in [-0.1, -0.05) is 12.1 Å². The van der Waals surface area contributed by atoms with Crippen LogP contribution in [0, 0.1) is 5.92 Å². The normalized spacial score (nSPS) is 25.1. The summed E-state index contributed by atoms with van der Waals surface area (Å²) in [6.45, 7) is 5.35. The standard InChI is InChI=1S/C19H24N4O3/c1-11(20)14-8-22(9-14)7-12-2-3-15-13(6-12)10-23(19(15)26)16-4-5-17(24)21-18(16)25/h2-3,6,11,14,16H,4-5,7-10,20H2,1H3,(H,21,24,25). The molecule has 138 valence electrons. The minimum atomic E-state index is -0.557. The van der Waals surface area contributed by atoms with Crippen molar-refractivity contribution in [3.8, 4) is 0 Å². The lowest BCUT2D eigenvalue weighted by Crippen LogP contribution is -2.52. The Kier molecular flexibility index (Phi) is 4.28. The van der Waals surface area contributed by atoms with Crippen LogP contribution in [0.1, 0.15) is 41.3 Å². The predicted octanol–water partition coefficient (Wildman–Crippen LogP) is 0.227. The number of hydrogen-bond acceptors (Lipinski definition) is 5. The van der Waals surface area contributed by atoms with Crippen LogP contribution in [0.5, 0.6) is 0 Å². The fourth-order valence-corrected chi connectivity index (χ4v) is 4.06. The Hall–Kier alpha value is -2.25. The van der Waals surface area contributed by atoms with Crippen LogP contribution in [0.2, 0.25) is 0 Å². The maximum Gasteiger partial charge on any atom is 0.255 e. The molecule has 0 radical (unpaired) electrons. The highest BCUT2D eigenvalue weighted by molar-refractivity contribution is 6.05. The smallest absolute Gasteiger partial charge is 0.255 e. The van der Waals surface area contributed by atoms with Gasteiger partial charge in [-0.2, -0.15) is 0 Å². The Morgan fingerprint density at radius 1 is 1.27 bits per heavy atom. The van der Waals surface area contributed by atoms with Crippen LogP contribution in [0.25, 0.3) is 0 Å². The zero-order chi connectivity index (χ0) is 18.4. The van der Waals surface area contributed by atoms with Gasteiger partial charge in [-0.05, 0) is 36.5 Å². The molecule has 4 rings (SSSR count). The number of nitrogens with two attached hydrogens (primary N) is 1. The van der Waals surface area contributed by atoms with Crippen LogP contribution in [0.3, 0.4) is 0 Å². The van der Waals surface area contributed by atoms with Gasteiger partial charge >= 0.3 is 0 Å². The number of imide groups is 1. The van der Waals surface area contributed by atoms with Gasteiger partial charge in [-0.3, -0.25) is 24.6 Å². The highest BCUT2D eigenvalue weighted by Gasteiger charge is 2.39. The van der Waals surface area contributed by atoms with Crippen molar-refractivity contribution >= 4 is 17.7 Å². The van der Waals surface area contributed by atoms with Crippen molar-refractivity contribution in [1.82, 2.24) is 15.1 Å². The molecule has 1 aromatic rings. The van der Waals surface area contributed by atoms with E-state index in [0.717, 1.165) is 25.2 Å². The largest absolute Gasteiger partial charge is 0.328 e. The van der Waals surface area contributed by atoms with Crippen molar-refractivity contribution in [3.05, 3.63) is 34.9 Å². The Morgan fingerprint density at radius 3 is 2.73 bits per heavy atom. The third kappa shape index (κ3) is 3.01. The van der Waals surface area contributed by atoms with E-state index in [4.69, 9.17) is 5.73 Å². The molecule has 3 amide bonds. The molecule has 1 aromatic carbocycles. The first-order chi connectivity index (χ1) is 12.4. The Labute approximate surface area is 152 Å². The Balaban J connectivity index is 1.44. The summed E-state index contributed by atoms with van der Waals surface area (Å²) in [5.41, 5.74) is 8.72. The molecular formula is C19H24N4O3. The number of amides is 3. The van der Waals surface area contributed by atoms with E-state index in [1.54, 1.807) is 4.90 Å². The molecule has 2 saturated heterocycles. The molecule has 2 atom stereocenters. The van der Waals surface area contributed by atoms with E-state index >= 15 is 0 Å². The zero-order valence-electron chi connectivity index (χ0n) is 14.9. The molecule has 0 spiro atoms. The molecule has 2 fully saturated rings. The molecule has 3 heterocycles. The van der Waals surface area contributed by atoms with Gasteiger partial charge < -0.3 is 10.6 Å². The SMILES string of the molecule is CC(N)C1CN(Cc2ccc3c(c2)CN(C2CCC(=O)NC2=O)C3=O)C1. The number of carbonyl (C=O) groups is 3. The highest BCUT2D eigenvalue weighted by Crippen LogP contribution is 2.29. The number of benzene rings is 1. The maximum absolute atomic E-state index is 12.7. The third-order valence-corrected chi connectivity index (χ3v) is 5.72. The summed E-state index contributed by atoms with van der Waals surface area (Å²) < 4.78 is 0. The van der Waals surface area contributed by atoms with Crippen LogP contribution in [-0.4, -0.2) is 52.7 Å². The molecule has 0 aliphatic carbocycles. The second-order valence-corrected chi connectivity index (χ2v) is 7.70. The van der Waals surface area contributed by atoms with Gasteiger partial charge in [-0.15, -0.1) is 0 Å². The van der Waals surface area contributed by atoms with Gasteiger partial charge in [0.05, 0.1) is 0 Å². The van der Waals surface area contributed by atoms with Crippen LogP contribution in [0.4, 0.5) is 0 Å². The Morgan fingerprint density at radius 2 is 2.04 bits per heavy atom. The molecule has 3 aliphatic rings. The fourth-order valence-electron chi connectivity index (χ4n) is 4.06. The molecule has 7 nitrogen and oxygen atoms in total. The molecule has 7 heteroatoms. The van der Waals surface area contributed by atoms with Crippen LogP contribution in [-0.2, 0) is 22.7 Å². The second kappa shape index (κ2) is 6.48. The highest BCUT2D eigenvalue weighted by atomic mass is 16.2. The van der Waals surface area contributed by atoms with E-state index in [1.165, 1.54) is 5.56 Å². The summed E-state index contributed by atoms with van der Waals surface area (Å²) in [5.74, 6) is -0.196. The minimum absolute atomic E-state index is 0.123. The number of nitrogens with one attached hydrogen (secondary N) is 1. The lowest BCUT2D eigenvalue weighted by Gasteiger charge is -2.41. The van der Waals surface area contributed by atoms with Gasteiger partial charge in [0.2, 0.25) is 11.8 Å². The number of hydrogen-bond donors (Lipinski definition) is 2. The maximum atomic E-state index is 12.7. The molecule has 0 aromatic heterocycles. The van der Waals surface area contributed by atoms with Crippen LogP contribution < -0.4 is 11.1 Å². The van der Waals surface area contributed by atoms with Crippen molar-refractivity contribution in [2.75, 3.05) is 13.1 Å². The van der Waals surface area contributed by atoms with Crippen molar-refractivity contribution in [1.29, 1.82) is 0 Å². The van der Waals surface area contributed by atoms with Gasteiger partial charge in [0.25, 0.3) is 5.91 Å². The first-order valence-electron chi connectivity index (χ1n) is 9.17. The van der Waals surface area contributed by atoms with Crippen molar-refractivity contribution in [2.45, 2.75) is 44.9 Å². The van der Waals surface area contributed by atoms with Crippen LogP contribution >= 0.6 is 0 Å². The summed E-state index contributed by atoms with van der Waals surface area (Å²) in [6, 6.07) is 5.59. The zero-order valence-corrected chi connectivity index (χ0v) is 14.9. The van der Waals surface area contributed by atoms with Crippen molar-refractivity contribution < 1.29 is 14.4 Å². The van der Waals surface area contributed by atoms with Gasteiger partial charge in [0.1, 0.15) is 6.04 Å². The average Bonchev–Trinajstić information content (AvgIpc) is 2.86. The van der Waals surface area contributed by atoms with E-state index in [0.29, 0.717) is 24.4 Å². The summed E-state index contributed by atoms with van der Waals surface area (Å²) in [4.78, 5) is 40.0. The summed E-state index contributed by atoms with van der Waals surface area (Å²) in [6.07, 6.45) is 0.668. The number of likely N-dealkylation sites (tertiary alicyclic amines) is 1. The topological polar surface area (TPSA) is 95.7 Å². The molecule has 26 heavy (non-hydrogen) atoms. The van der Waals surface area contributed by atoms with Crippen LogP contribution in [0.15, 0.2) is 18.2 Å². The molecule has 0 saturated carbocycles. The van der Waals surface area contributed by atoms with Crippen molar-refractivity contribution in [3.63, 3.8) is 0 Å². The van der Waals surface area contributed by atoms with Gasteiger partial charge in [-0.25, -0.2) is 0 Å². The van der Waals surface area contributed by atoms with Gasteiger partial charge in [0, 0.05) is 44.2 Å². The molecule has 2 unspecified atom stereocenters. The number of nitrogens with zero attached hydrogens (tertiary/aromatic N) is 2. The van der Waals surface area contributed by atoms with E-state index in [2.05, 4.69) is 16.3 Å². The fraction of sp³-hybridized carbons (Fsp3) is 0.526.